The maximum Gasteiger partial charge on any atom is 0.222 e. The molecule has 0 aromatic carbocycles. The molecule has 0 aliphatic rings. The van der Waals surface area contributed by atoms with E-state index in [0.29, 0.717) is 17.4 Å². The predicted octanol–water partition coefficient (Wildman–Crippen LogP) is 3.06. The van der Waals surface area contributed by atoms with Crippen LogP contribution in [0, 0.1) is 0 Å². The topological polar surface area (TPSA) is 55.0 Å². The average Bonchev–Trinajstić information content (AvgIpc) is 2.67. The second kappa shape index (κ2) is 5.08. The molecule has 4 nitrogen and oxygen atoms in total. The molecule has 2 heterocycles. The van der Waals surface area contributed by atoms with Gasteiger partial charge in [0.2, 0.25) is 5.95 Å². The van der Waals surface area contributed by atoms with Gasteiger partial charge < -0.3 is 10.6 Å². The van der Waals surface area contributed by atoms with Gasteiger partial charge in [-0.25, -0.2) is 4.98 Å². The number of rotatable bonds is 3. The molecule has 0 spiro atoms. The van der Waals surface area contributed by atoms with Gasteiger partial charge in [-0.05, 0) is 12.1 Å². The van der Waals surface area contributed by atoms with E-state index in [1.54, 1.807) is 0 Å². The van der Waals surface area contributed by atoms with Gasteiger partial charge in [0.1, 0.15) is 5.02 Å². The Morgan fingerprint density at radius 3 is 2.82 bits per heavy atom. The Morgan fingerprint density at radius 2 is 2.18 bits per heavy atom. The highest BCUT2D eigenvalue weighted by Gasteiger charge is 2.10. The third kappa shape index (κ3) is 3.00. The van der Waals surface area contributed by atoms with Gasteiger partial charge in [0.15, 0.2) is 5.82 Å². The Morgan fingerprint density at radius 1 is 1.41 bits per heavy atom. The zero-order chi connectivity index (χ0) is 12.4. The van der Waals surface area contributed by atoms with Crippen LogP contribution >= 0.6 is 34.5 Å². The molecule has 2 aromatic rings. The molecule has 0 saturated heterocycles. The predicted molar refractivity (Wildman–Crippen MR) is 72.9 cm³/mol. The van der Waals surface area contributed by atoms with Crippen LogP contribution in [-0.4, -0.2) is 17.0 Å². The summed E-state index contributed by atoms with van der Waals surface area (Å²) in [7, 11) is 1.89. The van der Waals surface area contributed by atoms with Crippen LogP contribution in [-0.2, 0) is 6.54 Å². The molecule has 2 N–H and O–H groups in total. The number of nitrogens with two attached hydrogens (primary N) is 1. The number of thiophene rings is 1. The smallest absolute Gasteiger partial charge is 0.222 e. The van der Waals surface area contributed by atoms with Gasteiger partial charge >= 0.3 is 0 Å². The van der Waals surface area contributed by atoms with E-state index in [4.69, 9.17) is 28.9 Å². The summed E-state index contributed by atoms with van der Waals surface area (Å²) in [6.07, 6.45) is 1.50. The summed E-state index contributed by atoms with van der Waals surface area (Å²) >= 11 is 13.4. The average molecular weight is 289 g/mol. The maximum atomic E-state index is 6.02. The summed E-state index contributed by atoms with van der Waals surface area (Å²) < 4.78 is 0.765. The van der Waals surface area contributed by atoms with E-state index in [-0.39, 0.29) is 5.95 Å². The highest BCUT2D eigenvalue weighted by molar-refractivity contribution is 7.16. The minimum Gasteiger partial charge on any atom is -0.368 e. The van der Waals surface area contributed by atoms with Gasteiger partial charge in [-0.15, -0.1) is 11.3 Å². The monoisotopic (exact) mass is 288 g/mol. The molecule has 17 heavy (non-hydrogen) atoms. The summed E-state index contributed by atoms with van der Waals surface area (Å²) in [6.45, 7) is 0.674. The van der Waals surface area contributed by atoms with Crippen LogP contribution in [0.25, 0.3) is 0 Å². The zero-order valence-electron chi connectivity index (χ0n) is 9.02. The molecule has 0 fully saturated rings. The normalized spacial score (nSPS) is 10.5. The van der Waals surface area contributed by atoms with Crippen molar-refractivity contribution in [3.8, 4) is 0 Å². The fraction of sp³-hybridized carbons (Fsp3) is 0.200. The lowest BCUT2D eigenvalue weighted by atomic mass is 10.4. The van der Waals surface area contributed by atoms with Gasteiger partial charge in [0, 0.05) is 11.9 Å². The SMILES string of the molecule is CN(Cc1ccc(Cl)s1)c1nc(N)ncc1Cl. The van der Waals surface area contributed by atoms with Crippen molar-refractivity contribution in [2.75, 3.05) is 17.7 Å². The molecular formula is C10H10Cl2N4S. The van der Waals surface area contributed by atoms with Crippen LogP contribution in [0.15, 0.2) is 18.3 Å². The van der Waals surface area contributed by atoms with Crippen molar-refractivity contribution in [2.24, 2.45) is 0 Å². The lowest BCUT2D eigenvalue weighted by molar-refractivity contribution is 0.908. The molecule has 90 valence electrons. The quantitative estimate of drug-likeness (QED) is 0.943. The number of halogens is 2. The number of aromatic nitrogens is 2. The minimum absolute atomic E-state index is 0.209. The van der Waals surface area contributed by atoms with Crippen LogP contribution in [0.4, 0.5) is 11.8 Å². The molecular weight excluding hydrogens is 279 g/mol. The number of hydrogen-bond acceptors (Lipinski definition) is 5. The number of anilines is 2. The number of nitrogen functional groups attached to an aromatic ring is 1. The summed E-state index contributed by atoms with van der Waals surface area (Å²) in [4.78, 5) is 11.0. The molecule has 0 atom stereocenters. The summed E-state index contributed by atoms with van der Waals surface area (Å²) in [6, 6.07) is 3.84. The van der Waals surface area contributed by atoms with E-state index in [1.807, 2.05) is 24.1 Å². The Hall–Kier alpha value is -1.04. The lowest BCUT2D eigenvalue weighted by Crippen LogP contribution is -2.18. The van der Waals surface area contributed by atoms with E-state index in [2.05, 4.69) is 9.97 Å². The first-order chi connectivity index (χ1) is 8.06. The van der Waals surface area contributed by atoms with Crippen LogP contribution in [0.3, 0.4) is 0 Å². The second-order valence-electron chi connectivity index (χ2n) is 3.46. The van der Waals surface area contributed by atoms with Crippen molar-refractivity contribution in [1.82, 2.24) is 9.97 Å². The van der Waals surface area contributed by atoms with Gasteiger partial charge in [-0.2, -0.15) is 4.98 Å². The molecule has 2 rings (SSSR count). The van der Waals surface area contributed by atoms with E-state index in [0.717, 1.165) is 9.21 Å². The van der Waals surface area contributed by atoms with Crippen molar-refractivity contribution >= 4 is 46.3 Å². The molecule has 0 aliphatic heterocycles. The van der Waals surface area contributed by atoms with Gasteiger partial charge in [-0.1, -0.05) is 23.2 Å². The van der Waals surface area contributed by atoms with E-state index in [9.17, 15) is 0 Å². The number of nitrogens with zero attached hydrogens (tertiary/aromatic N) is 3. The van der Waals surface area contributed by atoms with Crippen LogP contribution in [0.5, 0.6) is 0 Å². The van der Waals surface area contributed by atoms with Gasteiger partial charge in [-0.3, -0.25) is 0 Å². The first-order valence-corrected chi connectivity index (χ1v) is 6.37. The van der Waals surface area contributed by atoms with Crippen molar-refractivity contribution in [3.63, 3.8) is 0 Å². The molecule has 0 saturated carbocycles. The first kappa shape index (κ1) is 12.4. The van der Waals surface area contributed by atoms with E-state index >= 15 is 0 Å². The standard InChI is InChI=1S/C10H10Cl2N4S/c1-16(5-6-2-3-8(12)17-6)9-7(11)4-14-10(13)15-9/h2-4H,5H2,1H3,(H2,13,14,15). The van der Waals surface area contributed by atoms with Crippen molar-refractivity contribution in [3.05, 3.63) is 32.6 Å². The molecule has 0 amide bonds. The first-order valence-electron chi connectivity index (χ1n) is 4.79. The lowest BCUT2D eigenvalue weighted by Gasteiger charge is -2.18. The maximum absolute atomic E-state index is 6.02. The van der Waals surface area contributed by atoms with Crippen LogP contribution in [0.1, 0.15) is 4.88 Å². The highest BCUT2D eigenvalue weighted by atomic mass is 35.5. The molecule has 0 unspecified atom stereocenters. The van der Waals surface area contributed by atoms with Gasteiger partial charge in [0.05, 0.1) is 17.1 Å². The molecule has 0 aliphatic carbocycles. The van der Waals surface area contributed by atoms with Crippen LogP contribution < -0.4 is 10.6 Å². The fourth-order valence-corrected chi connectivity index (χ4v) is 2.76. The van der Waals surface area contributed by atoms with E-state index in [1.165, 1.54) is 17.5 Å². The van der Waals surface area contributed by atoms with Crippen molar-refractivity contribution < 1.29 is 0 Å². The largest absolute Gasteiger partial charge is 0.368 e. The Labute approximate surface area is 113 Å². The molecule has 7 heteroatoms. The Bertz CT molecular complexity index is 529. The van der Waals surface area contributed by atoms with Crippen molar-refractivity contribution in [2.45, 2.75) is 6.54 Å². The third-order valence-electron chi connectivity index (χ3n) is 2.13. The molecule has 2 aromatic heterocycles. The number of hydrogen-bond donors (Lipinski definition) is 1. The molecule has 0 bridgehead atoms. The fourth-order valence-electron chi connectivity index (χ4n) is 1.38. The minimum atomic E-state index is 0.209. The second-order valence-corrected chi connectivity index (χ2v) is 5.67. The molecule has 0 radical (unpaired) electrons. The highest BCUT2D eigenvalue weighted by Crippen LogP contribution is 2.27. The summed E-state index contributed by atoms with van der Waals surface area (Å²) in [5.74, 6) is 0.823. The van der Waals surface area contributed by atoms with Crippen molar-refractivity contribution in [1.29, 1.82) is 0 Å². The Balaban J connectivity index is 2.19. The van der Waals surface area contributed by atoms with E-state index < -0.39 is 0 Å². The zero-order valence-corrected chi connectivity index (χ0v) is 11.4. The summed E-state index contributed by atoms with van der Waals surface area (Å²) in [5, 5.41) is 0.476. The van der Waals surface area contributed by atoms with Crippen LogP contribution in [0.2, 0.25) is 9.36 Å². The Kier molecular flexibility index (Phi) is 3.71. The third-order valence-corrected chi connectivity index (χ3v) is 3.61. The van der Waals surface area contributed by atoms with Gasteiger partial charge in [0.25, 0.3) is 0 Å². The summed E-state index contributed by atoms with van der Waals surface area (Å²) in [5.41, 5.74) is 5.54.